The van der Waals surface area contributed by atoms with Gasteiger partial charge in [-0.25, -0.2) is 9.97 Å². The lowest BCUT2D eigenvalue weighted by molar-refractivity contribution is -0.117. The predicted octanol–water partition coefficient (Wildman–Crippen LogP) is 2.35. The minimum atomic E-state index is -0.305. The zero-order chi connectivity index (χ0) is 14.1. The average molecular weight is 287 g/mol. The van der Waals surface area contributed by atoms with Gasteiger partial charge in [0, 0.05) is 18.0 Å². The summed E-state index contributed by atoms with van der Waals surface area (Å²) in [5, 5.41) is 9.52. The number of aromatic nitrogens is 2. The summed E-state index contributed by atoms with van der Waals surface area (Å²) in [6, 6.07) is 8.73. The number of amides is 1. The summed E-state index contributed by atoms with van der Waals surface area (Å²) in [4.78, 5) is 22.2. The second kappa shape index (κ2) is 5.13. The minimum absolute atomic E-state index is 0.0468. The third-order valence-corrected chi connectivity index (χ3v) is 4.46. The highest BCUT2D eigenvalue weighted by atomic mass is 32.2. The van der Waals surface area contributed by atoms with E-state index in [0.29, 0.717) is 11.5 Å². The standard InChI is InChI=1S/C14H13N3O2S/c1-9-12(19)17(14-15-7-4-8-16-14)13(20-9)10-5-2-3-6-11(10)18/h2-9,13,18H,1H3. The zero-order valence-electron chi connectivity index (χ0n) is 10.8. The number of phenols is 1. The molecule has 2 atom stereocenters. The second-order valence-corrected chi connectivity index (χ2v) is 5.87. The zero-order valence-corrected chi connectivity index (χ0v) is 11.6. The quantitative estimate of drug-likeness (QED) is 0.918. The molecular formula is C14H13N3O2S. The molecule has 1 aliphatic heterocycles. The van der Waals surface area contributed by atoms with E-state index in [1.54, 1.807) is 35.5 Å². The van der Waals surface area contributed by atoms with Crippen LogP contribution in [0.15, 0.2) is 42.7 Å². The molecular weight excluding hydrogens is 274 g/mol. The van der Waals surface area contributed by atoms with Crippen molar-refractivity contribution in [2.24, 2.45) is 0 Å². The molecule has 1 amide bonds. The first-order valence-electron chi connectivity index (χ1n) is 6.22. The Hall–Kier alpha value is -2.08. The number of rotatable bonds is 2. The summed E-state index contributed by atoms with van der Waals surface area (Å²) < 4.78 is 0. The summed E-state index contributed by atoms with van der Waals surface area (Å²) in [6.45, 7) is 1.85. The van der Waals surface area contributed by atoms with Crippen LogP contribution < -0.4 is 4.90 Å². The SMILES string of the molecule is CC1SC(c2ccccc2O)N(c2ncccn2)C1=O. The Kier molecular flexibility index (Phi) is 3.31. The van der Waals surface area contributed by atoms with E-state index in [9.17, 15) is 9.90 Å². The van der Waals surface area contributed by atoms with Crippen molar-refractivity contribution in [3.63, 3.8) is 0 Å². The number of phenolic OH excluding ortho intramolecular Hbond substituents is 1. The molecule has 2 aromatic rings. The van der Waals surface area contributed by atoms with Gasteiger partial charge in [-0.05, 0) is 19.1 Å². The number of aromatic hydroxyl groups is 1. The van der Waals surface area contributed by atoms with Crippen LogP contribution in [0.4, 0.5) is 5.95 Å². The van der Waals surface area contributed by atoms with Gasteiger partial charge in [-0.15, -0.1) is 11.8 Å². The maximum absolute atomic E-state index is 12.3. The summed E-state index contributed by atoms with van der Waals surface area (Å²) in [7, 11) is 0. The molecule has 102 valence electrons. The fraction of sp³-hybridized carbons (Fsp3) is 0.214. The molecule has 1 aliphatic rings. The number of hydrogen-bond donors (Lipinski definition) is 1. The lowest BCUT2D eigenvalue weighted by atomic mass is 10.2. The van der Waals surface area contributed by atoms with Crippen LogP contribution in [-0.4, -0.2) is 26.2 Å². The van der Waals surface area contributed by atoms with E-state index in [-0.39, 0.29) is 22.3 Å². The number of carbonyl (C=O) groups is 1. The van der Waals surface area contributed by atoms with Crippen molar-refractivity contribution in [1.29, 1.82) is 0 Å². The van der Waals surface area contributed by atoms with E-state index in [0.717, 1.165) is 0 Å². The van der Waals surface area contributed by atoms with Crippen molar-refractivity contribution < 1.29 is 9.90 Å². The Morgan fingerprint density at radius 1 is 1.20 bits per heavy atom. The molecule has 0 aliphatic carbocycles. The Bertz CT molecular complexity index is 635. The van der Waals surface area contributed by atoms with E-state index in [2.05, 4.69) is 9.97 Å². The maximum atomic E-state index is 12.3. The highest BCUT2D eigenvalue weighted by molar-refractivity contribution is 8.01. The number of hydrogen-bond acceptors (Lipinski definition) is 5. The molecule has 0 radical (unpaired) electrons. The monoisotopic (exact) mass is 287 g/mol. The van der Waals surface area contributed by atoms with Crippen molar-refractivity contribution >= 4 is 23.6 Å². The first kappa shape index (κ1) is 12.9. The van der Waals surface area contributed by atoms with Crippen LogP contribution in [0.5, 0.6) is 5.75 Å². The van der Waals surface area contributed by atoms with E-state index >= 15 is 0 Å². The number of anilines is 1. The van der Waals surface area contributed by atoms with Crippen LogP contribution >= 0.6 is 11.8 Å². The van der Waals surface area contributed by atoms with E-state index in [1.807, 2.05) is 19.1 Å². The summed E-state index contributed by atoms with van der Waals surface area (Å²) in [6.07, 6.45) is 3.20. The Labute approximate surface area is 120 Å². The Morgan fingerprint density at radius 2 is 1.90 bits per heavy atom. The van der Waals surface area contributed by atoms with Gasteiger partial charge in [-0.2, -0.15) is 0 Å². The van der Waals surface area contributed by atoms with Crippen molar-refractivity contribution in [2.75, 3.05) is 4.90 Å². The first-order valence-corrected chi connectivity index (χ1v) is 7.16. The van der Waals surface area contributed by atoms with Gasteiger partial charge >= 0.3 is 0 Å². The fourth-order valence-corrected chi connectivity index (χ4v) is 3.43. The molecule has 1 aromatic heterocycles. The average Bonchev–Trinajstić information content (AvgIpc) is 2.76. The molecule has 0 spiro atoms. The second-order valence-electron chi connectivity index (χ2n) is 4.45. The molecule has 6 heteroatoms. The Morgan fingerprint density at radius 3 is 2.60 bits per heavy atom. The van der Waals surface area contributed by atoms with Gasteiger partial charge in [0.2, 0.25) is 11.9 Å². The van der Waals surface area contributed by atoms with E-state index in [4.69, 9.17) is 0 Å². The van der Waals surface area contributed by atoms with Crippen LogP contribution in [0.2, 0.25) is 0 Å². The van der Waals surface area contributed by atoms with Crippen LogP contribution in [0.3, 0.4) is 0 Å². The van der Waals surface area contributed by atoms with Gasteiger partial charge in [-0.1, -0.05) is 18.2 Å². The number of carbonyl (C=O) groups excluding carboxylic acids is 1. The number of nitrogens with zero attached hydrogens (tertiary/aromatic N) is 3. The molecule has 0 saturated carbocycles. The fourth-order valence-electron chi connectivity index (χ4n) is 2.15. The summed E-state index contributed by atoms with van der Waals surface area (Å²) in [5.74, 6) is 0.491. The molecule has 5 nitrogen and oxygen atoms in total. The third-order valence-electron chi connectivity index (χ3n) is 3.12. The molecule has 3 rings (SSSR count). The van der Waals surface area contributed by atoms with Gasteiger partial charge in [0.25, 0.3) is 0 Å². The molecule has 20 heavy (non-hydrogen) atoms. The largest absolute Gasteiger partial charge is 0.508 e. The number of benzene rings is 1. The lowest BCUT2D eigenvalue weighted by Gasteiger charge is -2.22. The summed E-state index contributed by atoms with van der Waals surface area (Å²) >= 11 is 1.48. The van der Waals surface area contributed by atoms with Crippen LogP contribution in [0.25, 0.3) is 0 Å². The van der Waals surface area contributed by atoms with E-state index in [1.165, 1.54) is 11.8 Å². The highest BCUT2D eigenvalue weighted by Gasteiger charge is 2.41. The van der Waals surface area contributed by atoms with Crippen LogP contribution in [0.1, 0.15) is 17.9 Å². The minimum Gasteiger partial charge on any atom is -0.508 e. The lowest BCUT2D eigenvalue weighted by Crippen LogP contribution is -2.31. The first-order chi connectivity index (χ1) is 9.68. The molecule has 1 fully saturated rings. The van der Waals surface area contributed by atoms with Gasteiger partial charge in [0.05, 0.1) is 5.25 Å². The van der Waals surface area contributed by atoms with Crippen molar-refractivity contribution in [3.05, 3.63) is 48.3 Å². The predicted molar refractivity (Wildman–Crippen MR) is 77.4 cm³/mol. The smallest absolute Gasteiger partial charge is 0.243 e. The van der Waals surface area contributed by atoms with Gasteiger partial charge in [0.15, 0.2) is 0 Å². The van der Waals surface area contributed by atoms with Crippen molar-refractivity contribution in [1.82, 2.24) is 9.97 Å². The van der Waals surface area contributed by atoms with Gasteiger partial charge < -0.3 is 5.11 Å². The molecule has 0 bridgehead atoms. The summed E-state index contributed by atoms with van der Waals surface area (Å²) in [5.41, 5.74) is 0.697. The molecule has 1 aromatic carbocycles. The number of thioether (sulfide) groups is 1. The van der Waals surface area contributed by atoms with Gasteiger partial charge in [-0.3, -0.25) is 9.69 Å². The van der Waals surface area contributed by atoms with Crippen LogP contribution in [-0.2, 0) is 4.79 Å². The molecule has 2 heterocycles. The van der Waals surface area contributed by atoms with Gasteiger partial charge in [0.1, 0.15) is 11.1 Å². The highest BCUT2D eigenvalue weighted by Crippen LogP contribution is 2.46. The van der Waals surface area contributed by atoms with Crippen molar-refractivity contribution in [2.45, 2.75) is 17.5 Å². The molecule has 1 N–H and O–H groups in total. The van der Waals surface area contributed by atoms with Crippen molar-refractivity contribution in [3.8, 4) is 5.75 Å². The molecule has 2 unspecified atom stereocenters. The number of para-hydroxylation sites is 1. The molecule has 1 saturated heterocycles. The van der Waals surface area contributed by atoms with E-state index < -0.39 is 0 Å². The van der Waals surface area contributed by atoms with Crippen LogP contribution in [0, 0.1) is 0 Å². The third kappa shape index (κ3) is 2.12. The Balaban J connectivity index is 2.06. The topological polar surface area (TPSA) is 66.3 Å². The normalized spacial score (nSPS) is 22.2. The maximum Gasteiger partial charge on any atom is 0.243 e.